The van der Waals surface area contributed by atoms with E-state index in [0.717, 1.165) is 11.5 Å². The number of ether oxygens (including phenoxy) is 2. The first-order valence-corrected chi connectivity index (χ1v) is 11.8. The number of thioether (sulfide) groups is 1. The van der Waals surface area contributed by atoms with Gasteiger partial charge in [0.15, 0.2) is 14.7 Å². The normalized spacial score (nSPS) is 10.9. The quantitative estimate of drug-likeness (QED) is 0.373. The lowest BCUT2D eigenvalue weighted by Crippen LogP contribution is -2.06. The Kier molecular flexibility index (Phi) is 8.31. The highest BCUT2D eigenvalue weighted by Crippen LogP contribution is 2.34. The van der Waals surface area contributed by atoms with Crippen LogP contribution in [-0.2, 0) is 10.9 Å². The molecule has 29 heavy (non-hydrogen) atoms. The van der Waals surface area contributed by atoms with Crippen molar-refractivity contribution in [3.8, 4) is 11.5 Å². The molecule has 0 atom stereocenters. The Morgan fingerprint density at radius 1 is 0.655 bits per heavy atom. The average molecular weight is 430 g/mol. The van der Waals surface area contributed by atoms with Crippen LogP contribution in [-0.4, -0.2) is 42.9 Å². The van der Waals surface area contributed by atoms with Gasteiger partial charge in [-0.3, -0.25) is 0 Å². The Morgan fingerprint density at radius 2 is 1.03 bits per heavy atom. The van der Waals surface area contributed by atoms with E-state index in [1.165, 1.54) is 19.6 Å². The summed E-state index contributed by atoms with van der Waals surface area (Å²) in [5.41, 5.74) is 0. The summed E-state index contributed by atoms with van der Waals surface area (Å²) in [7, 11) is -0.272. The van der Waals surface area contributed by atoms with E-state index in [0.29, 0.717) is 0 Å². The fourth-order valence-electron chi connectivity index (χ4n) is 2.79. The van der Waals surface area contributed by atoms with E-state index in [2.05, 4.69) is 54.8 Å². The first-order valence-electron chi connectivity index (χ1n) is 9.31. The number of hydrogen-bond acceptors (Lipinski definition) is 5. The highest BCUT2D eigenvalue weighted by molar-refractivity contribution is 7.98. The van der Waals surface area contributed by atoms with E-state index < -0.39 is 0 Å². The first-order chi connectivity index (χ1) is 14.2. The van der Waals surface area contributed by atoms with Gasteiger partial charge >= 0.3 is 0 Å². The summed E-state index contributed by atoms with van der Waals surface area (Å²) < 4.78 is 11.0. The van der Waals surface area contributed by atoms with Crippen molar-refractivity contribution in [3.63, 3.8) is 0 Å². The lowest BCUT2D eigenvalue weighted by molar-refractivity contribution is 0.201. The third-order valence-corrected chi connectivity index (χ3v) is 7.11. The van der Waals surface area contributed by atoms with Crippen molar-refractivity contribution in [1.29, 1.82) is 0 Å². The number of aliphatic hydroxyl groups is 2. The molecule has 2 N–H and O–H groups in total. The molecule has 0 bridgehead atoms. The second-order valence-electron chi connectivity index (χ2n) is 6.07. The molecule has 0 fully saturated rings. The smallest absolute Gasteiger partial charge is 0.166 e. The lowest BCUT2D eigenvalue weighted by Gasteiger charge is -2.11. The summed E-state index contributed by atoms with van der Waals surface area (Å²) >= 11 is 1.73. The van der Waals surface area contributed by atoms with Gasteiger partial charge in [0.1, 0.15) is 24.7 Å². The van der Waals surface area contributed by atoms with Crippen LogP contribution in [0.15, 0.2) is 92.4 Å². The highest BCUT2D eigenvalue weighted by Gasteiger charge is 2.28. The molecule has 4 nitrogen and oxygen atoms in total. The van der Waals surface area contributed by atoms with Crippen molar-refractivity contribution in [3.05, 3.63) is 72.8 Å². The molecule has 6 heteroatoms. The van der Waals surface area contributed by atoms with Gasteiger partial charge in [-0.05, 0) is 79.1 Å². The monoisotopic (exact) mass is 429 g/mol. The largest absolute Gasteiger partial charge is 0.491 e. The van der Waals surface area contributed by atoms with E-state index in [-0.39, 0.29) is 37.3 Å². The van der Waals surface area contributed by atoms with Crippen LogP contribution in [0.1, 0.15) is 0 Å². The standard InChI is InChI=1S/C23H25O4S2/c1-28-20-6-12-23(13-7-20)29(21-8-2-18(3-9-21)26-16-14-24)22-10-4-19(5-11-22)27-17-15-25/h2-13,24-25H,14-17H2,1H3/q+1. The van der Waals surface area contributed by atoms with Gasteiger partial charge in [-0.25, -0.2) is 0 Å². The molecule has 152 valence electrons. The van der Waals surface area contributed by atoms with E-state index >= 15 is 0 Å². The minimum Gasteiger partial charge on any atom is -0.491 e. The van der Waals surface area contributed by atoms with Crippen LogP contribution in [0.5, 0.6) is 11.5 Å². The van der Waals surface area contributed by atoms with Crippen LogP contribution < -0.4 is 9.47 Å². The second-order valence-corrected chi connectivity index (χ2v) is 8.97. The van der Waals surface area contributed by atoms with E-state index in [4.69, 9.17) is 19.7 Å². The predicted molar refractivity (Wildman–Crippen MR) is 118 cm³/mol. The molecule has 0 radical (unpaired) electrons. The highest BCUT2D eigenvalue weighted by atomic mass is 32.2. The van der Waals surface area contributed by atoms with Crippen molar-refractivity contribution in [2.45, 2.75) is 19.6 Å². The zero-order valence-corrected chi connectivity index (χ0v) is 17.9. The Hall–Kier alpha value is -2.12. The van der Waals surface area contributed by atoms with Crippen molar-refractivity contribution < 1.29 is 19.7 Å². The van der Waals surface area contributed by atoms with Crippen molar-refractivity contribution in [2.75, 3.05) is 32.7 Å². The van der Waals surface area contributed by atoms with Crippen LogP contribution in [0.25, 0.3) is 0 Å². The van der Waals surface area contributed by atoms with Gasteiger partial charge in [0.2, 0.25) is 0 Å². The zero-order valence-electron chi connectivity index (χ0n) is 16.3. The second kappa shape index (κ2) is 11.2. The first kappa shape index (κ1) is 21.6. The maximum atomic E-state index is 8.94. The third-order valence-electron chi connectivity index (χ3n) is 4.13. The van der Waals surface area contributed by atoms with Crippen molar-refractivity contribution in [1.82, 2.24) is 0 Å². The zero-order chi connectivity index (χ0) is 20.5. The van der Waals surface area contributed by atoms with Gasteiger partial charge in [-0.1, -0.05) is 0 Å². The summed E-state index contributed by atoms with van der Waals surface area (Å²) in [6, 6.07) is 24.8. The maximum absolute atomic E-state index is 8.94. The summed E-state index contributed by atoms with van der Waals surface area (Å²) in [5.74, 6) is 1.49. The fourth-order valence-corrected chi connectivity index (χ4v) is 5.24. The fraction of sp³-hybridized carbons (Fsp3) is 0.217. The Bertz CT molecular complexity index is 813. The van der Waals surface area contributed by atoms with Crippen LogP contribution in [0.4, 0.5) is 0 Å². The van der Waals surface area contributed by atoms with E-state index in [1.807, 2.05) is 24.3 Å². The molecule has 0 aliphatic carbocycles. The summed E-state index contributed by atoms with van der Waals surface area (Å²) in [6.07, 6.45) is 2.07. The summed E-state index contributed by atoms with van der Waals surface area (Å²) in [4.78, 5) is 4.83. The Labute approximate surface area is 178 Å². The van der Waals surface area contributed by atoms with Gasteiger partial charge in [-0.15, -0.1) is 11.8 Å². The number of rotatable bonds is 10. The molecule has 0 aliphatic heterocycles. The topological polar surface area (TPSA) is 58.9 Å². The molecule has 0 saturated carbocycles. The molecular formula is C23H25O4S2+. The molecule has 0 aliphatic rings. The van der Waals surface area contributed by atoms with Crippen LogP contribution in [0.2, 0.25) is 0 Å². The third kappa shape index (κ3) is 5.93. The van der Waals surface area contributed by atoms with Gasteiger partial charge in [-0.2, -0.15) is 0 Å². The molecule has 0 saturated heterocycles. The summed E-state index contributed by atoms with van der Waals surface area (Å²) in [6.45, 7) is 0.574. The van der Waals surface area contributed by atoms with Gasteiger partial charge < -0.3 is 19.7 Å². The van der Waals surface area contributed by atoms with E-state index in [1.54, 1.807) is 11.8 Å². The van der Waals surface area contributed by atoms with E-state index in [9.17, 15) is 0 Å². The molecule has 0 amide bonds. The average Bonchev–Trinajstić information content (AvgIpc) is 2.78. The molecule has 0 spiro atoms. The lowest BCUT2D eigenvalue weighted by atomic mass is 10.3. The SMILES string of the molecule is CSc1ccc([S+](c2ccc(OCCO)cc2)c2ccc(OCCO)cc2)cc1. The van der Waals surface area contributed by atoms with Gasteiger partial charge in [0, 0.05) is 4.90 Å². The van der Waals surface area contributed by atoms with Crippen LogP contribution in [0, 0.1) is 0 Å². The minimum atomic E-state index is -0.272. The predicted octanol–water partition coefficient (Wildman–Crippen LogP) is 4.25. The van der Waals surface area contributed by atoms with Gasteiger partial charge in [0.05, 0.1) is 24.1 Å². The van der Waals surface area contributed by atoms with Crippen molar-refractivity contribution >= 4 is 22.7 Å². The van der Waals surface area contributed by atoms with Gasteiger partial charge in [0.25, 0.3) is 0 Å². The van der Waals surface area contributed by atoms with Crippen LogP contribution >= 0.6 is 11.8 Å². The molecule has 3 aromatic rings. The number of aliphatic hydroxyl groups excluding tert-OH is 2. The summed E-state index contributed by atoms with van der Waals surface area (Å²) in [5, 5.41) is 17.9. The van der Waals surface area contributed by atoms with Crippen molar-refractivity contribution in [2.24, 2.45) is 0 Å². The molecule has 0 heterocycles. The molecular weight excluding hydrogens is 404 g/mol. The number of hydrogen-bond donors (Lipinski definition) is 2. The number of benzene rings is 3. The molecule has 3 rings (SSSR count). The Balaban J connectivity index is 1.92. The molecule has 0 aromatic heterocycles. The minimum absolute atomic E-state index is 0.00137. The Morgan fingerprint density at radius 3 is 1.38 bits per heavy atom. The molecule has 0 unspecified atom stereocenters. The maximum Gasteiger partial charge on any atom is 0.166 e. The van der Waals surface area contributed by atoms with Crippen LogP contribution in [0.3, 0.4) is 0 Å². The molecule has 3 aromatic carbocycles.